The van der Waals surface area contributed by atoms with Crippen LogP contribution in [0.1, 0.15) is 27.3 Å². The van der Waals surface area contributed by atoms with Gasteiger partial charge < -0.3 is 10.2 Å². The summed E-state index contributed by atoms with van der Waals surface area (Å²) in [5.74, 6) is 0.322. The molecule has 1 N–H and O–H groups in total. The Hall–Kier alpha value is -3.80. The number of para-hydroxylation sites is 1. The molecule has 6 nitrogen and oxygen atoms in total. The number of nitrogens with one attached hydrogen (secondary N) is 1. The van der Waals surface area contributed by atoms with E-state index in [0.717, 1.165) is 28.7 Å². The van der Waals surface area contributed by atoms with Gasteiger partial charge in [-0.2, -0.15) is 0 Å². The van der Waals surface area contributed by atoms with Crippen LogP contribution < -0.4 is 5.32 Å². The molecule has 1 aliphatic rings. The van der Waals surface area contributed by atoms with Gasteiger partial charge in [0.15, 0.2) is 0 Å². The molecule has 0 radical (unpaired) electrons. The van der Waals surface area contributed by atoms with Crippen molar-refractivity contribution in [2.24, 2.45) is 0 Å². The highest BCUT2D eigenvalue weighted by Crippen LogP contribution is 2.24. The molecule has 2 aromatic carbocycles. The van der Waals surface area contributed by atoms with Gasteiger partial charge in [0.05, 0.1) is 11.2 Å². The number of fused-ring (bicyclic) bond motifs is 2. The SMILES string of the molecule is Cc1cc(C(=O)N2CCc3ccccc3C2)nc(Nc2cccc3cccnc23)n1. The first-order valence-corrected chi connectivity index (χ1v) is 10.00. The van der Waals surface area contributed by atoms with Crippen molar-refractivity contribution in [3.63, 3.8) is 0 Å². The van der Waals surface area contributed by atoms with E-state index in [1.165, 1.54) is 11.1 Å². The third-order valence-corrected chi connectivity index (χ3v) is 5.37. The Morgan fingerprint density at radius 3 is 2.73 bits per heavy atom. The molecular weight excluding hydrogens is 374 g/mol. The minimum absolute atomic E-state index is 0.0749. The predicted molar refractivity (Wildman–Crippen MR) is 117 cm³/mol. The van der Waals surface area contributed by atoms with Gasteiger partial charge in [0, 0.05) is 30.4 Å². The largest absolute Gasteiger partial charge is 0.333 e. The zero-order valence-electron chi connectivity index (χ0n) is 16.7. The maximum atomic E-state index is 13.2. The number of aromatic nitrogens is 3. The van der Waals surface area contributed by atoms with Crippen LogP contribution in [0.5, 0.6) is 0 Å². The molecule has 0 bridgehead atoms. The molecule has 0 unspecified atom stereocenters. The Morgan fingerprint density at radius 1 is 1.00 bits per heavy atom. The molecule has 0 fully saturated rings. The zero-order chi connectivity index (χ0) is 20.5. The molecule has 1 aliphatic heterocycles. The molecule has 5 rings (SSSR count). The molecule has 148 valence electrons. The van der Waals surface area contributed by atoms with Crippen LogP contribution in [-0.2, 0) is 13.0 Å². The van der Waals surface area contributed by atoms with Gasteiger partial charge in [-0.3, -0.25) is 9.78 Å². The molecule has 3 heterocycles. The minimum atomic E-state index is -0.0749. The lowest BCUT2D eigenvalue weighted by Gasteiger charge is -2.28. The number of hydrogen-bond acceptors (Lipinski definition) is 5. The quantitative estimate of drug-likeness (QED) is 0.561. The third kappa shape index (κ3) is 3.48. The molecule has 6 heteroatoms. The third-order valence-electron chi connectivity index (χ3n) is 5.37. The van der Waals surface area contributed by atoms with Crippen molar-refractivity contribution in [3.8, 4) is 0 Å². The molecule has 0 saturated heterocycles. The van der Waals surface area contributed by atoms with E-state index in [2.05, 4.69) is 32.4 Å². The summed E-state index contributed by atoms with van der Waals surface area (Å²) >= 11 is 0. The summed E-state index contributed by atoms with van der Waals surface area (Å²) in [6.07, 6.45) is 2.62. The molecular formula is C24H21N5O. The Bertz CT molecular complexity index is 1250. The molecule has 0 saturated carbocycles. The summed E-state index contributed by atoms with van der Waals surface area (Å²) in [7, 11) is 0. The van der Waals surface area contributed by atoms with Gasteiger partial charge in [0.1, 0.15) is 5.69 Å². The number of hydrogen-bond donors (Lipinski definition) is 1. The van der Waals surface area contributed by atoms with Gasteiger partial charge >= 0.3 is 0 Å². The lowest BCUT2D eigenvalue weighted by atomic mass is 10.00. The highest BCUT2D eigenvalue weighted by molar-refractivity contribution is 5.94. The lowest BCUT2D eigenvalue weighted by Crippen LogP contribution is -2.36. The van der Waals surface area contributed by atoms with Crippen molar-refractivity contribution >= 4 is 28.4 Å². The summed E-state index contributed by atoms with van der Waals surface area (Å²) in [6, 6.07) is 19.8. The van der Waals surface area contributed by atoms with Crippen LogP contribution in [0.25, 0.3) is 10.9 Å². The maximum Gasteiger partial charge on any atom is 0.272 e. The van der Waals surface area contributed by atoms with Crippen LogP contribution in [0.3, 0.4) is 0 Å². The van der Waals surface area contributed by atoms with Crippen LogP contribution in [0.15, 0.2) is 66.9 Å². The first-order valence-electron chi connectivity index (χ1n) is 10.00. The highest BCUT2D eigenvalue weighted by atomic mass is 16.2. The van der Waals surface area contributed by atoms with Crippen LogP contribution in [0.4, 0.5) is 11.6 Å². The molecule has 4 aromatic rings. The monoisotopic (exact) mass is 395 g/mol. The fourth-order valence-electron chi connectivity index (χ4n) is 3.89. The van der Waals surface area contributed by atoms with E-state index in [9.17, 15) is 4.79 Å². The van der Waals surface area contributed by atoms with E-state index in [1.54, 1.807) is 12.3 Å². The zero-order valence-corrected chi connectivity index (χ0v) is 16.7. The molecule has 0 aliphatic carbocycles. The van der Waals surface area contributed by atoms with Crippen LogP contribution in [0, 0.1) is 6.92 Å². The van der Waals surface area contributed by atoms with Crippen LogP contribution >= 0.6 is 0 Å². The topological polar surface area (TPSA) is 71.0 Å². The number of amides is 1. The molecule has 2 aromatic heterocycles. The number of carbonyl (C=O) groups excluding carboxylic acids is 1. The van der Waals surface area contributed by atoms with Gasteiger partial charge in [-0.25, -0.2) is 9.97 Å². The fourth-order valence-corrected chi connectivity index (χ4v) is 3.89. The number of anilines is 2. The van der Waals surface area contributed by atoms with Crippen molar-refractivity contribution in [2.75, 3.05) is 11.9 Å². The summed E-state index contributed by atoms with van der Waals surface area (Å²) < 4.78 is 0. The van der Waals surface area contributed by atoms with Gasteiger partial charge in [0.2, 0.25) is 5.95 Å². The number of benzene rings is 2. The first kappa shape index (κ1) is 18.2. The molecule has 0 atom stereocenters. The van der Waals surface area contributed by atoms with Gasteiger partial charge in [0.25, 0.3) is 5.91 Å². The fraction of sp³-hybridized carbons (Fsp3) is 0.167. The predicted octanol–water partition coefficient (Wildman–Crippen LogP) is 4.28. The summed E-state index contributed by atoms with van der Waals surface area (Å²) in [5, 5.41) is 4.27. The Kier molecular flexibility index (Phi) is 4.59. The number of pyridine rings is 1. The van der Waals surface area contributed by atoms with Crippen molar-refractivity contribution in [1.29, 1.82) is 0 Å². The standard InChI is InChI=1S/C24H21N5O/c1-16-14-21(23(30)29-13-11-17-6-2-3-7-19(17)15-29)28-24(26-16)27-20-10-4-8-18-9-5-12-25-22(18)20/h2-10,12,14H,11,13,15H2,1H3,(H,26,27,28). The van der Waals surface area contributed by atoms with Gasteiger partial charge in [-0.15, -0.1) is 0 Å². The second kappa shape index (κ2) is 7.55. The number of rotatable bonds is 3. The number of nitrogens with zero attached hydrogens (tertiary/aromatic N) is 4. The van der Waals surface area contributed by atoms with E-state index >= 15 is 0 Å². The normalized spacial score (nSPS) is 13.2. The minimum Gasteiger partial charge on any atom is -0.333 e. The Labute approximate surface area is 174 Å². The lowest BCUT2D eigenvalue weighted by molar-refractivity contribution is 0.0728. The highest BCUT2D eigenvalue weighted by Gasteiger charge is 2.23. The van der Waals surface area contributed by atoms with Crippen LogP contribution in [0.2, 0.25) is 0 Å². The van der Waals surface area contributed by atoms with E-state index in [0.29, 0.717) is 24.7 Å². The first-order chi connectivity index (χ1) is 14.7. The molecule has 30 heavy (non-hydrogen) atoms. The Balaban J connectivity index is 1.43. The van der Waals surface area contributed by atoms with Crippen molar-refractivity contribution in [1.82, 2.24) is 19.9 Å². The van der Waals surface area contributed by atoms with Crippen molar-refractivity contribution in [2.45, 2.75) is 19.9 Å². The van der Waals surface area contributed by atoms with Crippen LogP contribution in [-0.4, -0.2) is 32.3 Å². The average Bonchev–Trinajstić information content (AvgIpc) is 2.78. The second-order valence-corrected chi connectivity index (χ2v) is 7.47. The smallest absolute Gasteiger partial charge is 0.272 e. The van der Waals surface area contributed by atoms with Crippen molar-refractivity contribution < 1.29 is 4.79 Å². The summed E-state index contributed by atoms with van der Waals surface area (Å²) in [5.41, 5.74) is 5.29. The molecule has 0 spiro atoms. The Morgan fingerprint density at radius 2 is 1.83 bits per heavy atom. The van der Waals surface area contributed by atoms with Gasteiger partial charge in [-0.1, -0.05) is 42.5 Å². The van der Waals surface area contributed by atoms with E-state index in [1.807, 2.05) is 54.3 Å². The molecule has 1 amide bonds. The van der Waals surface area contributed by atoms with E-state index < -0.39 is 0 Å². The van der Waals surface area contributed by atoms with Gasteiger partial charge in [-0.05, 0) is 42.7 Å². The number of aryl methyl sites for hydroxylation is 1. The summed E-state index contributed by atoms with van der Waals surface area (Å²) in [4.78, 5) is 28.5. The maximum absolute atomic E-state index is 13.2. The van der Waals surface area contributed by atoms with Crippen molar-refractivity contribution in [3.05, 3.63) is 89.4 Å². The number of carbonyl (C=O) groups is 1. The van der Waals surface area contributed by atoms with E-state index in [4.69, 9.17) is 0 Å². The summed E-state index contributed by atoms with van der Waals surface area (Å²) in [6.45, 7) is 3.17. The second-order valence-electron chi connectivity index (χ2n) is 7.47. The average molecular weight is 395 g/mol. The van der Waals surface area contributed by atoms with E-state index in [-0.39, 0.29) is 5.91 Å².